The van der Waals surface area contributed by atoms with Crippen LogP contribution in [0.5, 0.6) is 5.75 Å². The van der Waals surface area contributed by atoms with Gasteiger partial charge in [0, 0.05) is 38.0 Å². The van der Waals surface area contributed by atoms with Gasteiger partial charge in [-0.25, -0.2) is 0 Å². The Kier molecular flexibility index (Phi) is 5.74. The molecule has 0 atom stereocenters. The average molecular weight is 342 g/mol. The molecule has 1 fully saturated rings. The minimum atomic E-state index is 0.0177. The highest BCUT2D eigenvalue weighted by Crippen LogP contribution is 2.26. The van der Waals surface area contributed by atoms with E-state index in [2.05, 4.69) is 11.4 Å². The van der Waals surface area contributed by atoms with E-state index in [-0.39, 0.29) is 17.7 Å². The van der Waals surface area contributed by atoms with Crippen LogP contribution < -0.4 is 10.1 Å². The Morgan fingerprint density at radius 1 is 1.32 bits per heavy atom. The molecule has 0 unspecified atom stereocenters. The highest BCUT2D eigenvalue weighted by molar-refractivity contribution is 5.92. The maximum Gasteiger partial charge on any atom is 0.246 e. The quantitative estimate of drug-likeness (QED) is 0.836. The second-order valence-corrected chi connectivity index (χ2v) is 6.69. The van der Waals surface area contributed by atoms with Gasteiger partial charge in [-0.2, -0.15) is 0 Å². The molecular formula is C20H26N2O3. The standard InChI is InChI=1S/C20H26N2O3/c1-2-10-21-20(24)16-7-11-22(12-8-16)19(23)6-4-15-3-5-18-17(14-15)9-13-25-18/h3-6,14,16H,2,7-13H2,1H3,(H,21,24)/b6-4+. The zero-order valence-corrected chi connectivity index (χ0v) is 14.8. The first-order valence-corrected chi connectivity index (χ1v) is 9.18. The SMILES string of the molecule is CCCNC(=O)C1CCN(C(=O)/C=C/c2ccc3c(c2)CCO3)CC1. The van der Waals surface area contributed by atoms with Gasteiger partial charge in [0.15, 0.2) is 0 Å². The van der Waals surface area contributed by atoms with Crippen molar-refractivity contribution < 1.29 is 14.3 Å². The normalized spacial score (nSPS) is 17.4. The van der Waals surface area contributed by atoms with Crippen LogP contribution in [-0.2, 0) is 16.0 Å². The van der Waals surface area contributed by atoms with E-state index in [1.807, 2.05) is 30.0 Å². The molecule has 1 aromatic rings. The van der Waals surface area contributed by atoms with Gasteiger partial charge in [0.2, 0.25) is 11.8 Å². The molecule has 2 aliphatic rings. The molecule has 5 heteroatoms. The largest absolute Gasteiger partial charge is 0.493 e. The number of carbonyl (C=O) groups excluding carboxylic acids is 2. The van der Waals surface area contributed by atoms with Crippen LogP contribution >= 0.6 is 0 Å². The van der Waals surface area contributed by atoms with Crippen LogP contribution in [0.4, 0.5) is 0 Å². The van der Waals surface area contributed by atoms with Crippen molar-refractivity contribution in [2.24, 2.45) is 5.92 Å². The number of likely N-dealkylation sites (tertiary alicyclic amines) is 1. The monoisotopic (exact) mass is 342 g/mol. The summed E-state index contributed by atoms with van der Waals surface area (Å²) < 4.78 is 5.50. The molecule has 25 heavy (non-hydrogen) atoms. The summed E-state index contributed by atoms with van der Waals surface area (Å²) in [5.74, 6) is 1.14. The molecule has 2 heterocycles. The van der Waals surface area contributed by atoms with Gasteiger partial charge >= 0.3 is 0 Å². The van der Waals surface area contributed by atoms with Crippen LogP contribution in [0.1, 0.15) is 37.3 Å². The molecule has 0 spiro atoms. The second-order valence-electron chi connectivity index (χ2n) is 6.69. The maximum atomic E-state index is 12.4. The molecule has 1 aromatic carbocycles. The van der Waals surface area contributed by atoms with Crippen LogP contribution in [0.15, 0.2) is 24.3 Å². The molecule has 3 rings (SSSR count). The van der Waals surface area contributed by atoms with E-state index in [4.69, 9.17) is 4.74 Å². The summed E-state index contributed by atoms with van der Waals surface area (Å²) in [7, 11) is 0. The Labute approximate surface area is 149 Å². The number of piperidine rings is 1. The first-order chi connectivity index (χ1) is 12.2. The van der Waals surface area contributed by atoms with E-state index in [0.29, 0.717) is 13.1 Å². The van der Waals surface area contributed by atoms with Gasteiger partial charge in [0.25, 0.3) is 0 Å². The summed E-state index contributed by atoms with van der Waals surface area (Å²) in [5.41, 5.74) is 2.22. The average Bonchev–Trinajstić information content (AvgIpc) is 3.12. The van der Waals surface area contributed by atoms with Crippen LogP contribution in [0.3, 0.4) is 0 Å². The fourth-order valence-corrected chi connectivity index (χ4v) is 3.34. The second kappa shape index (κ2) is 8.19. The molecule has 134 valence electrons. The maximum absolute atomic E-state index is 12.4. The Morgan fingerprint density at radius 2 is 2.12 bits per heavy atom. The fourth-order valence-electron chi connectivity index (χ4n) is 3.34. The number of fused-ring (bicyclic) bond motifs is 1. The van der Waals surface area contributed by atoms with Crippen LogP contribution in [0.25, 0.3) is 6.08 Å². The number of benzene rings is 1. The summed E-state index contributed by atoms with van der Waals surface area (Å²) in [6, 6.07) is 6.02. The van der Waals surface area contributed by atoms with Gasteiger partial charge < -0.3 is 15.0 Å². The van der Waals surface area contributed by atoms with Crippen molar-refractivity contribution in [3.05, 3.63) is 35.4 Å². The molecule has 2 aliphatic heterocycles. The smallest absolute Gasteiger partial charge is 0.246 e. The Morgan fingerprint density at radius 3 is 2.88 bits per heavy atom. The number of rotatable bonds is 5. The number of nitrogens with one attached hydrogen (secondary N) is 1. The van der Waals surface area contributed by atoms with E-state index >= 15 is 0 Å². The molecule has 0 radical (unpaired) electrons. The van der Waals surface area contributed by atoms with Crippen LogP contribution in [-0.4, -0.2) is 43.0 Å². The van der Waals surface area contributed by atoms with Gasteiger partial charge in [0.05, 0.1) is 6.61 Å². The van der Waals surface area contributed by atoms with E-state index in [1.165, 1.54) is 5.56 Å². The molecule has 0 bridgehead atoms. The third kappa shape index (κ3) is 4.41. The topological polar surface area (TPSA) is 58.6 Å². The van der Waals surface area contributed by atoms with Gasteiger partial charge in [-0.1, -0.05) is 13.0 Å². The fraction of sp³-hybridized carbons (Fsp3) is 0.500. The van der Waals surface area contributed by atoms with Crippen molar-refractivity contribution in [3.8, 4) is 5.75 Å². The Balaban J connectivity index is 1.50. The molecule has 2 amide bonds. The molecule has 5 nitrogen and oxygen atoms in total. The molecule has 0 aromatic heterocycles. The van der Waals surface area contributed by atoms with E-state index in [1.54, 1.807) is 6.08 Å². The summed E-state index contributed by atoms with van der Waals surface area (Å²) in [6.07, 6.45) is 6.86. The first-order valence-electron chi connectivity index (χ1n) is 9.18. The van der Waals surface area contributed by atoms with Gasteiger partial charge in [-0.15, -0.1) is 0 Å². The predicted molar refractivity (Wildman–Crippen MR) is 97.3 cm³/mol. The van der Waals surface area contributed by atoms with Crippen LogP contribution in [0, 0.1) is 5.92 Å². The lowest BCUT2D eigenvalue weighted by Gasteiger charge is -2.30. The zero-order chi connectivity index (χ0) is 17.6. The molecule has 0 aliphatic carbocycles. The molecule has 1 N–H and O–H groups in total. The van der Waals surface area contributed by atoms with Crippen molar-refractivity contribution in [1.29, 1.82) is 0 Å². The lowest BCUT2D eigenvalue weighted by atomic mass is 9.96. The minimum Gasteiger partial charge on any atom is -0.493 e. The van der Waals surface area contributed by atoms with Gasteiger partial charge in [-0.3, -0.25) is 9.59 Å². The van der Waals surface area contributed by atoms with E-state index < -0.39 is 0 Å². The molecule has 1 saturated heterocycles. The number of nitrogens with zero attached hydrogens (tertiary/aromatic N) is 1. The summed E-state index contributed by atoms with van der Waals surface area (Å²) in [5, 5.41) is 2.95. The van der Waals surface area contributed by atoms with Crippen molar-refractivity contribution in [1.82, 2.24) is 10.2 Å². The lowest BCUT2D eigenvalue weighted by molar-refractivity contribution is -0.132. The summed E-state index contributed by atoms with van der Waals surface area (Å²) >= 11 is 0. The number of hydrogen-bond acceptors (Lipinski definition) is 3. The summed E-state index contributed by atoms with van der Waals surface area (Å²) in [4.78, 5) is 26.2. The summed E-state index contributed by atoms with van der Waals surface area (Å²) in [6.45, 7) is 4.80. The molecule has 0 saturated carbocycles. The zero-order valence-electron chi connectivity index (χ0n) is 14.8. The van der Waals surface area contributed by atoms with Crippen molar-refractivity contribution in [3.63, 3.8) is 0 Å². The third-order valence-corrected chi connectivity index (χ3v) is 4.86. The Hall–Kier alpha value is -2.30. The van der Waals surface area contributed by atoms with Crippen molar-refractivity contribution in [2.45, 2.75) is 32.6 Å². The lowest BCUT2D eigenvalue weighted by Crippen LogP contribution is -2.42. The van der Waals surface area contributed by atoms with E-state index in [9.17, 15) is 9.59 Å². The van der Waals surface area contributed by atoms with Crippen LogP contribution in [0.2, 0.25) is 0 Å². The first kappa shape index (κ1) is 17.5. The van der Waals surface area contributed by atoms with Gasteiger partial charge in [0.1, 0.15) is 5.75 Å². The highest BCUT2D eigenvalue weighted by Gasteiger charge is 2.26. The van der Waals surface area contributed by atoms with Crippen molar-refractivity contribution >= 4 is 17.9 Å². The van der Waals surface area contributed by atoms with Crippen molar-refractivity contribution in [2.75, 3.05) is 26.2 Å². The Bertz CT molecular complexity index is 661. The van der Waals surface area contributed by atoms with Gasteiger partial charge in [-0.05, 0) is 48.6 Å². The number of ether oxygens (including phenoxy) is 1. The number of carbonyl (C=O) groups is 2. The minimum absolute atomic E-state index is 0.0177. The highest BCUT2D eigenvalue weighted by atomic mass is 16.5. The third-order valence-electron chi connectivity index (χ3n) is 4.86. The number of hydrogen-bond donors (Lipinski definition) is 1. The predicted octanol–water partition coefficient (Wildman–Crippen LogP) is 2.40. The molecular weight excluding hydrogens is 316 g/mol. The number of amides is 2. The van der Waals surface area contributed by atoms with E-state index in [0.717, 1.165) is 50.1 Å².